The topological polar surface area (TPSA) is 31.4 Å². The van der Waals surface area contributed by atoms with Crippen molar-refractivity contribution in [2.45, 2.75) is 13.2 Å². The molecular weight excluding hydrogens is 389 g/mol. The summed E-state index contributed by atoms with van der Waals surface area (Å²) in [6.07, 6.45) is 5.61. The van der Waals surface area contributed by atoms with E-state index in [-0.39, 0.29) is 5.82 Å². The first kappa shape index (κ1) is 20.2. The second-order valence-corrected chi connectivity index (χ2v) is 6.88. The molecule has 1 heterocycles. The van der Waals surface area contributed by atoms with Gasteiger partial charge in [0.25, 0.3) is 0 Å². The third-order valence-corrected chi connectivity index (χ3v) is 4.71. The molecule has 3 nitrogen and oxygen atoms in total. The van der Waals surface area contributed by atoms with E-state index in [1.807, 2.05) is 66.7 Å². The van der Waals surface area contributed by atoms with Gasteiger partial charge in [0.1, 0.15) is 19.0 Å². The molecule has 4 heteroatoms. The van der Waals surface area contributed by atoms with Crippen LogP contribution in [0.25, 0.3) is 11.1 Å². The predicted octanol–water partition coefficient (Wildman–Crippen LogP) is 6.03. The van der Waals surface area contributed by atoms with Gasteiger partial charge in [-0.1, -0.05) is 72.7 Å². The Bertz CT molecular complexity index is 1200. The Hall–Kier alpha value is -4.10. The SMILES string of the molecule is C#Cc1cc(F)ccc1-c1ccc(OCc2ccccc2)nc1OCc1ccccc1. The number of hydrogen-bond donors (Lipinski definition) is 0. The van der Waals surface area contributed by atoms with E-state index in [4.69, 9.17) is 15.9 Å². The van der Waals surface area contributed by atoms with Crippen LogP contribution in [0.2, 0.25) is 0 Å². The quantitative estimate of drug-likeness (QED) is 0.350. The number of aromatic nitrogens is 1. The molecule has 0 aliphatic heterocycles. The van der Waals surface area contributed by atoms with Crippen molar-refractivity contribution < 1.29 is 13.9 Å². The van der Waals surface area contributed by atoms with E-state index in [1.54, 1.807) is 12.1 Å². The van der Waals surface area contributed by atoms with Crippen LogP contribution in [-0.2, 0) is 13.2 Å². The van der Waals surface area contributed by atoms with Crippen molar-refractivity contribution in [2.24, 2.45) is 0 Å². The Morgan fingerprint density at radius 2 is 1.35 bits per heavy atom. The molecule has 3 aromatic carbocycles. The molecule has 0 bridgehead atoms. The monoisotopic (exact) mass is 409 g/mol. The van der Waals surface area contributed by atoms with Gasteiger partial charge in [-0.05, 0) is 29.3 Å². The van der Waals surface area contributed by atoms with Gasteiger partial charge in [-0.15, -0.1) is 6.42 Å². The maximum absolute atomic E-state index is 13.7. The molecule has 4 aromatic rings. The van der Waals surface area contributed by atoms with Crippen LogP contribution in [0.3, 0.4) is 0 Å². The molecule has 0 atom stereocenters. The van der Waals surface area contributed by atoms with Crippen LogP contribution in [0.5, 0.6) is 11.8 Å². The predicted molar refractivity (Wildman–Crippen MR) is 119 cm³/mol. The molecule has 4 rings (SSSR count). The summed E-state index contributed by atoms with van der Waals surface area (Å²) >= 11 is 0. The second kappa shape index (κ2) is 9.60. The van der Waals surface area contributed by atoms with E-state index >= 15 is 0 Å². The molecule has 0 spiro atoms. The number of rotatable bonds is 7. The molecule has 0 unspecified atom stereocenters. The minimum absolute atomic E-state index is 0.329. The number of halogens is 1. The van der Waals surface area contributed by atoms with Gasteiger partial charge in [0.15, 0.2) is 0 Å². The lowest BCUT2D eigenvalue weighted by Crippen LogP contribution is -2.03. The molecule has 0 amide bonds. The first-order valence-electron chi connectivity index (χ1n) is 9.84. The second-order valence-electron chi connectivity index (χ2n) is 6.88. The molecule has 0 radical (unpaired) electrons. The smallest absolute Gasteiger partial charge is 0.225 e. The number of hydrogen-bond acceptors (Lipinski definition) is 3. The van der Waals surface area contributed by atoms with Crippen LogP contribution >= 0.6 is 0 Å². The molecular formula is C27H20FNO2. The summed E-state index contributed by atoms with van der Waals surface area (Å²) in [5.41, 5.74) is 3.82. The van der Waals surface area contributed by atoms with Crippen LogP contribution in [-0.4, -0.2) is 4.98 Å². The summed E-state index contributed by atoms with van der Waals surface area (Å²) in [4.78, 5) is 4.57. The van der Waals surface area contributed by atoms with Crippen molar-refractivity contribution in [3.05, 3.63) is 114 Å². The molecule has 0 aliphatic rings. The average Bonchev–Trinajstić information content (AvgIpc) is 2.83. The average molecular weight is 409 g/mol. The first-order chi connectivity index (χ1) is 15.2. The van der Waals surface area contributed by atoms with Crippen LogP contribution in [0, 0.1) is 18.2 Å². The largest absolute Gasteiger partial charge is 0.473 e. The van der Waals surface area contributed by atoms with Crippen molar-refractivity contribution in [3.63, 3.8) is 0 Å². The van der Waals surface area contributed by atoms with Gasteiger partial charge in [0.2, 0.25) is 11.8 Å². The molecule has 152 valence electrons. The molecule has 0 saturated carbocycles. The standard InChI is InChI=1S/C27H20FNO2/c1-2-22-17-23(28)13-14-24(22)25-15-16-26(30-18-20-9-5-3-6-10-20)29-27(25)31-19-21-11-7-4-8-12-21/h1,3-17H,18-19H2. The van der Waals surface area contributed by atoms with Crippen LogP contribution in [0.15, 0.2) is 91.0 Å². The molecule has 31 heavy (non-hydrogen) atoms. The zero-order chi connectivity index (χ0) is 21.5. The highest BCUT2D eigenvalue weighted by Crippen LogP contribution is 2.33. The van der Waals surface area contributed by atoms with E-state index in [1.165, 1.54) is 12.1 Å². The van der Waals surface area contributed by atoms with E-state index in [2.05, 4.69) is 10.9 Å². The van der Waals surface area contributed by atoms with Gasteiger partial charge < -0.3 is 9.47 Å². The number of pyridine rings is 1. The van der Waals surface area contributed by atoms with Crippen molar-refractivity contribution >= 4 is 0 Å². The third kappa shape index (κ3) is 5.09. The molecule has 0 aliphatic carbocycles. The lowest BCUT2D eigenvalue weighted by Gasteiger charge is -2.14. The van der Waals surface area contributed by atoms with Gasteiger partial charge in [0, 0.05) is 22.8 Å². The summed E-state index contributed by atoms with van der Waals surface area (Å²) < 4.78 is 25.6. The van der Waals surface area contributed by atoms with E-state index in [9.17, 15) is 4.39 Å². The first-order valence-corrected chi connectivity index (χ1v) is 9.84. The van der Waals surface area contributed by atoms with Gasteiger partial charge in [-0.25, -0.2) is 4.39 Å². The lowest BCUT2D eigenvalue weighted by molar-refractivity contribution is 0.268. The number of ether oxygens (including phenoxy) is 2. The Labute approximate surface area is 181 Å². The number of nitrogens with zero attached hydrogens (tertiary/aromatic N) is 1. The highest BCUT2D eigenvalue weighted by molar-refractivity contribution is 5.75. The zero-order valence-corrected chi connectivity index (χ0v) is 16.8. The highest BCUT2D eigenvalue weighted by Gasteiger charge is 2.14. The summed E-state index contributed by atoms with van der Waals surface area (Å²) in [6.45, 7) is 0.715. The summed E-state index contributed by atoms with van der Waals surface area (Å²) in [6, 6.07) is 27.6. The Kier molecular flexibility index (Phi) is 6.25. The van der Waals surface area contributed by atoms with Crippen molar-refractivity contribution in [1.29, 1.82) is 0 Å². The van der Waals surface area contributed by atoms with Crippen molar-refractivity contribution in [1.82, 2.24) is 4.98 Å². The summed E-state index contributed by atoms with van der Waals surface area (Å²) in [7, 11) is 0. The third-order valence-electron chi connectivity index (χ3n) is 4.71. The van der Waals surface area contributed by atoms with E-state index in [0.29, 0.717) is 41.7 Å². The molecule has 0 N–H and O–H groups in total. The number of terminal acetylenes is 1. The Morgan fingerprint density at radius 1 is 0.742 bits per heavy atom. The van der Waals surface area contributed by atoms with Crippen LogP contribution in [0.4, 0.5) is 4.39 Å². The van der Waals surface area contributed by atoms with E-state index in [0.717, 1.165) is 11.1 Å². The normalized spacial score (nSPS) is 10.3. The maximum atomic E-state index is 13.7. The van der Waals surface area contributed by atoms with Crippen molar-refractivity contribution in [3.8, 4) is 35.2 Å². The molecule has 0 saturated heterocycles. The van der Waals surface area contributed by atoms with Gasteiger partial charge in [0.05, 0.1) is 0 Å². The zero-order valence-electron chi connectivity index (χ0n) is 16.8. The van der Waals surface area contributed by atoms with Gasteiger partial charge >= 0.3 is 0 Å². The van der Waals surface area contributed by atoms with E-state index < -0.39 is 0 Å². The molecule has 1 aromatic heterocycles. The fourth-order valence-corrected chi connectivity index (χ4v) is 3.15. The van der Waals surface area contributed by atoms with Crippen molar-refractivity contribution in [2.75, 3.05) is 0 Å². The Morgan fingerprint density at radius 3 is 2.00 bits per heavy atom. The Balaban J connectivity index is 1.65. The van der Waals surface area contributed by atoms with Gasteiger partial charge in [-0.3, -0.25) is 0 Å². The summed E-state index contributed by atoms with van der Waals surface area (Å²) in [5.74, 6) is 2.96. The molecule has 0 fully saturated rings. The van der Waals surface area contributed by atoms with Gasteiger partial charge in [-0.2, -0.15) is 4.98 Å². The highest BCUT2D eigenvalue weighted by atomic mass is 19.1. The fourth-order valence-electron chi connectivity index (χ4n) is 3.15. The number of benzene rings is 3. The maximum Gasteiger partial charge on any atom is 0.225 e. The fraction of sp³-hybridized carbons (Fsp3) is 0.0741. The minimum atomic E-state index is -0.390. The lowest BCUT2D eigenvalue weighted by atomic mass is 10.0. The minimum Gasteiger partial charge on any atom is -0.473 e. The van der Waals surface area contributed by atoms with Crippen LogP contribution in [0.1, 0.15) is 16.7 Å². The summed E-state index contributed by atoms with van der Waals surface area (Å²) in [5, 5.41) is 0. The van der Waals surface area contributed by atoms with Crippen LogP contribution < -0.4 is 9.47 Å².